The second kappa shape index (κ2) is 7.64. The normalized spacial score (nSPS) is 15.1. The maximum Gasteiger partial charge on any atom is 0.181 e. The molecule has 0 radical (unpaired) electrons. The van der Waals surface area contributed by atoms with E-state index < -0.39 is 15.8 Å². The maximum atomic E-state index is 13.5. The lowest BCUT2D eigenvalue weighted by molar-refractivity contribution is 0.331. The van der Waals surface area contributed by atoms with Crippen molar-refractivity contribution in [2.75, 3.05) is 6.26 Å². The highest BCUT2D eigenvalue weighted by molar-refractivity contribution is 7.93. The van der Waals surface area contributed by atoms with Crippen molar-refractivity contribution >= 4 is 21.3 Å². The summed E-state index contributed by atoms with van der Waals surface area (Å²) in [6.07, 6.45) is 1.63. The van der Waals surface area contributed by atoms with E-state index in [0.717, 1.165) is 11.1 Å². The van der Waals surface area contributed by atoms with Crippen LogP contribution in [-0.2, 0) is 15.3 Å². The van der Waals surface area contributed by atoms with E-state index >= 15 is 0 Å². The third-order valence-corrected chi connectivity index (χ3v) is 6.34. The number of benzene rings is 2. The molecule has 3 rings (SSSR count). The quantitative estimate of drug-likeness (QED) is 0.620. The minimum Gasteiger partial charge on any atom is -0.245 e. The lowest BCUT2D eigenvalue weighted by Crippen LogP contribution is -2.27. The van der Waals surface area contributed by atoms with Gasteiger partial charge in [-0.1, -0.05) is 41.4 Å². The number of aromatic nitrogens is 4. The van der Waals surface area contributed by atoms with Gasteiger partial charge in [0.1, 0.15) is 6.04 Å². The molecule has 148 valence electrons. The molecule has 8 heteroatoms. The van der Waals surface area contributed by atoms with Crippen LogP contribution in [0.4, 0.5) is 0 Å². The fraction of sp³-hybridized carbons (Fsp3) is 0.350. The highest BCUT2D eigenvalue weighted by atomic mass is 35.5. The van der Waals surface area contributed by atoms with E-state index in [4.69, 9.17) is 16.0 Å². The fourth-order valence-electron chi connectivity index (χ4n) is 2.80. The molecule has 0 saturated carbocycles. The van der Waals surface area contributed by atoms with Crippen molar-refractivity contribution in [2.24, 2.45) is 4.36 Å². The number of aryl methyl sites for hydroxylation is 1. The molecule has 3 aromatic rings. The number of nitrogens with zero attached hydrogens (tertiary/aromatic N) is 5. The molecule has 0 spiro atoms. The smallest absolute Gasteiger partial charge is 0.181 e. The molecule has 0 N–H and O–H groups in total. The summed E-state index contributed by atoms with van der Waals surface area (Å²) in [6, 6.07) is 14.3. The standard InChI is InChI=1S/C20H24ClN5OS/c1-14-6-8-15(9-7-14)18(19-22-24-25-26(19)20(2,3)4)23-28(5,27)17-12-10-16(21)11-13-17/h6-13,18H,1-5H3. The van der Waals surface area contributed by atoms with Crippen LogP contribution in [0, 0.1) is 6.92 Å². The summed E-state index contributed by atoms with van der Waals surface area (Å²) in [4.78, 5) is 0.615. The van der Waals surface area contributed by atoms with Crippen molar-refractivity contribution in [3.63, 3.8) is 0 Å². The van der Waals surface area contributed by atoms with Gasteiger partial charge in [-0.15, -0.1) is 5.10 Å². The van der Waals surface area contributed by atoms with Crippen molar-refractivity contribution < 1.29 is 4.21 Å². The molecule has 0 aliphatic heterocycles. The molecule has 0 aliphatic carbocycles. The Labute approximate surface area is 171 Å². The van der Waals surface area contributed by atoms with E-state index in [1.807, 2.05) is 52.0 Å². The van der Waals surface area contributed by atoms with E-state index in [0.29, 0.717) is 15.7 Å². The second-order valence-electron chi connectivity index (χ2n) is 7.79. The van der Waals surface area contributed by atoms with Crippen LogP contribution in [0.5, 0.6) is 0 Å². The zero-order chi connectivity index (χ0) is 20.5. The van der Waals surface area contributed by atoms with E-state index in [1.54, 1.807) is 35.2 Å². The molecule has 2 atom stereocenters. The fourth-order valence-corrected chi connectivity index (χ4v) is 4.30. The molecule has 28 heavy (non-hydrogen) atoms. The number of tetrazole rings is 1. The van der Waals surface area contributed by atoms with Gasteiger partial charge in [0.05, 0.1) is 15.3 Å². The van der Waals surface area contributed by atoms with Crippen LogP contribution < -0.4 is 0 Å². The van der Waals surface area contributed by atoms with Crippen LogP contribution in [0.15, 0.2) is 57.8 Å². The van der Waals surface area contributed by atoms with Gasteiger partial charge in [-0.25, -0.2) is 13.3 Å². The number of hydrogen-bond donors (Lipinski definition) is 0. The molecule has 0 amide bonds. The highest BCUT2D eigenvalue weighted by Gasteiger charge is 2.28. The molecule has 2 unspecified atom stereocenters. The molecule has 1 aromatic heterocycles. The molecule has 2 aromatic carbocycles. The summed E-state index contributed by atoms with van der Waals surface area (Å²) in [5.74, 6) is 0.555. The summed E-state index contributed by atoms with van der Waals surface area (Å²) in [5.41, 5.74) is 1.67. The van der Waals surface area contributed by atoms with E-state index in [-0.39, 0.29) is 5.54 Å². The summed E-state index contributed by atoms with van der Waals surface area (Å²) < 4.78 is 20.0. The van der Waals surface area contributed by atoms with Gasteiger partial charge in [0.15, 0.2) is 5.82 Å². The van der Waals surface area contributed by atoms with Gasteiger partial charge < -0.3 is 0 Å². The molecule has 1 heterocycles. The highest BCUT2D eigenvalue weighted by Crippen LogP contribution is 2.30. The zero-order valence-corrected chi connectivity index (χ0v) is 18.2. The molecular formula is C20H24ClN5OS. The van der Waals surface area contributed by atoms with Gasteiger partial charge in [0.25, 0.3) is 0 Å². The van der Waals surface area contributed by atoms with Gasteiger partial charge in [-0.2, -0.15) is 0 Å². The van der Waals surface area contributed by atoms with Crippen LogP contribution in [-0.4, -0.2) is 30.7 Å². The van der Waals surface area contributed by atoms with Crippen LogP contribution in [0.1, 0.15) is 43.8 Å². The largest absolute Gasteiger partial charge is 0.245 e. The second-order valence-corrected chi connectivity index (χ2v) is 10.5. The Morgan fingerprint density at radius 2 is 1.68 bits per heavy atom. The third-order valence-electron chi connectivity index (χ3n) is 4.32. The van der Waals surface area contributed by atoms with Crippen LogP contribution >= 0.6 is 11.6 Å². The van der Waals surface area contributed by atoms with Crippen molar-refractivity contribution in [2.45, 2.75) is 44.2 Å². The third kappa shape index (κ3) is 4.42. The van der Waals surface area contributed by atoms with E-state index in [2.05, 4.69) is 15.5 Å². The van der Waals surface area contributed by atoms with Crippen LogP contribution in [0.2, 0.25) is 5.02 Å². The maximum absolute atomic E-state index is 13.5. The molecular weight excluding hydrogens is 394 g/mol. The predicted octanol–water partition coefficient (Wildman–Crippen LogP) is 4.64. The van der Waals surface area contributed by atoms with Crippen LogP contribution in [0.3, 0.4) is 0 Å². The Morgan fingerprint density at radius 3 is 2.25 bits per heavy atom. The molecule has 0 fully saturated rings. The number of hydrogen-bond acceptors (Lipinski definition) is 5. The van der Waals surface area contributed by atoms with Crippen molar-refractivity contribution in [3.05, 3.63) is 70.5 Å². The topological polar surface area (TPSA) is 73.0 Å². The first kappa shape index (κ1) is 20.5. The summed E-state index contributed by atoms with van der Waals surface area (Å²) in [5, 5.41) is 12.8. The van der Waals surface area contributed by atoms with Gasteiger partial charge >= 0.3 is 0 Å². The van der Waals surface area contributed by atoms with Gasteiger partial charge in [0.2, 0.25) is 0 Å². The van der Waals surface area contributed by atoms with E-state index in [9.17, 15) is 4.21 Å². The Balaban J connectivity index is 2.20. The molecule has 6 nitrogen and oxygen atoms in total. The van der Waals surface area contributed by atoms with E-state index in [1.165, 1.54) is 0 Å². The Kier molecular flexibility index (Phi) is 5.59. The molecule has 0 bridgehead atoms. The minimum atomic E-state index is -2.72. The average molecular weight is 418 g/mol. The van der Waals surface area contributed by atoms with Crippen molar-refractivity contribution in [1.82, 2.24) is 20.2 Å². The monoisotopic (exact) mass is 417 g/mol. The predicted molar refractivity (Wildman–Crippen MR) is 112 cm³/mol. The zero-order valence-electron chi connectivity index (χ0n) is 16.6. The van der Waals surface area contributed by atoms with Crippen molar-refractivity contribution in [1.29, 1.82) is 0 Å². The summed E-state index contributed by atoms with van der Waals surface area (Å²) >= 11 is 5.98. The SMILES string of the molecule is Cc1ccc(C(N=S(C)(=O)c2ccc(Cl)cc2)c2nnnn2C(C)(C)C)cc1. The van der Waals surface area contributed by atoms with Crippen LogP contribution in [0.25, 0.3) is 0 Å². The van der Waals surface area contributed by atoms with Gasteiger partial charge in [-0.05, 0) is 68.0 Å². The first-order valence-corrected chi connectivity index (χ1v) is 11.2. The number of rotatable bonds is 4. The summed E-state index contributed by atoms with van der Waals surface area (Å²) in [7, 11) is -2.72. The molecule has 0 saturated heterocycles. The summed E-state index contributed by atoms with van der Waals surface area (Å²) in [6.45, 7) is 8.07. The van der Waals surface area contributed by atoms with Gasteiger partial charge in [0, 0.05) is 16.2 Å². The first-order valence-electron chi connectivity index (χ1n) is 8.90. The lowest BCUT2D eigenvalue weighted by atomic mass is 10.0. The lowest BCUT2D eigenvalue weighted by Gasteiger charge is -2.23. The minimum absolute atomic E-state index is 0.341. The Morgan fingerprint density at radius 1 is 1.07 bits per heavy atom. The number of halogens is 1. The Hall–Kier alpha value is -2.25. The first-order chi connectivity index (χ1) is 13.1. The average Bonchev–Trinajstić information content (AvgIpc) is 3.11. The van der Waals surface area contributed by atoms with Crippen molar-refractivity contribution in [3.8, 4) is 0 Å². The molecule has 0 aliphatic rings. The Bertz CT molecular complexity index is 1080. The van der Waals surface area contributed by atoms with Gasteiger partial charge in [-0.3, -0.25) is 0 Å².